The quantitative estimate of drug-likeness (QED) is 0.650. The maximum atomic E-state index is 9.87. The Hall–Kier alpha value is -1.06. The van der Waals surface area contributed by atoms with Gasteiger partial charge < -0.3 is 10.4 Å². The Balaban J connectivity index is 0.000000243. The summed E-state index contributed by atoms with van der Waals surface area (Å²) in [6, 6.07) is 0. The van der Waals surface area contributed by atoms with Crippen LogP contribution in [0.2, 0.25) is 0 Å². The van der Waals surface area contributed by atoms with Gasteiger partial charge in [-0.2, -0.15) is 0 Å². The van der Waals surface area contributed by atoms with Crippen molar-refractivity contribution in [3.05, 3.63) is 0 Å². The number of carboxylic acids is 1. The summed E-state index contributed by atoms with van der Waals surface area (Å²) in [7, 11) is 0. The standard InChI is InChI=1S/C6H12O2.C3H6N2/c1-2-3-4-5-6(7)8;1-2-5-3-4-1/h2-5H2,1H3,(H,7,8);3H,1-2H2,(H,4,5). The van der Waals surface area contributed by atoms with E-state index in [0.717, 1.165) is 32.4 Å². The largest absolute Gasteiger partial charge is 0.481 e. The summed E-state index contributed by atoms with van der Waals surface area (Å²) in [5, 5.41) is 11.1. The van der Waals surface area contributed by atoms with E-state index in [1.807, 2.05) is 0 Å². The number of nitrogens with zero attached hydrogens (tertiary/aromatic N) is 1. The smallest absolute Gasteiger partial charge is 0.303 e. The SMILES string of the molecule is C1=NCCN1.CCCCCC(=O)O. The number of carbonyl (C=O) groups is 1. The third-order valence-electron chi connectivity index (χ3n) is 1.56. The third-order valence-corrected chi connectivity index (χ3v) is 1.56. The van der Waals surface area contributed by atoms with Crippen molar-refractivity contribution in [2.24, 2.45) is 4.99 Å². The highest BCUT2D eigenvalue weighted by molar-refractivity contribution is 5.66. The molecule has 76 valence electrons. The van der Waals surface area contributed by atoms with Crippen LogP contribution in [0.1, 0.15) is 32.6 Å². The third kappa shape index (κ3) is 10.9. The first-order valence-electron chi connectivity index (χ1n) is 4.71. The van der Waals surface area contributed by atoms with Crippen molar-refractivity contribution in [1.82, 2.24) is 5.32 Å². The Labute approximate surface area is 79.1 Å². The van der Waals surface area contributed by atoms with Crippen LogP contribution in [0, 0.1) is 0 Å². The van der Waals surface area contributed by atoms with Gasteiger partial charge >= 0.3 is 5.97 Å². The van der Waals surface area contributed by atoms with Crippen molar-refractivity contribution in [3.8, 4) is 0 Å². The molecule has 13 heavy (non-hydrogen) atoms. The molecule has 1 aliphatic rings. The first-order chi connectivity index (χ1) is 6.27. The van der Waals surface area contributed by atoms with Gasteiger partial charge in [-0.25, -0.2) is 0 Å². The molecule has 1 heterocycles. The lowest BCUT2D eigenvalue weighted by molar-refractivity contribution is -0.137. The van der Waals surface area contributed by atoms with Crippen molar-refractivity contribution < 1.29 is 9.90 Å². The van der Waals surface area contributed by atoms with E-state index < -0.39 is 5.97 Å². The molecule has 0 aromatic carbocycles. The van der Waals surface area contributed by atoms with E-state index in [1.165, 1.54) is 0 Å². The summed E-state index contributed by atoms with van der Waals surface area (Å²) < 4.78 is 0. The van der Waals surface area contributed by atoms with E-state index in [9.17, 15) is 4.79 Å². The lowest BCUT2D eigenvalue weighted by atomic mass is 10.2. The van der Waals surface area contributed by atoms with Gasteiger partial charge in [0.05, 0.1) is 12.9 Å². The van der Waals surface area contributed by atoms with Crippen LogP contribution in [0.3, 0.4) is 0 Å². The highest BCUT2D eigenvalue weighted by Crippen LogP contribution is 1.97. The molecule has 0 aliphatic carbocycles. The van der Waals surface area contributed by atoms with Gasteiger partial charge in [0.25, 0.3) is 0 Å². The molecule has 2 N–H and O–H groups in total. The van der Waals surface area contributed by atoms with Crippen molar-refractivity contribution >= 4 is 12.3 Å². The lowest BCUT2D eigenvalue weighted by Gasteiger charge is -1.89. The minimum atomic E-state index is -0.682. The highest BCUT2D eigenvalue weighted by Gasteiger charge is 1.92. The van der Waals surface area contributed by atoms with E-state index in [0.29, 0.717) is 6.42 Å². The van der Waals surface area contributed by atoms with Crippen LogP contribution in [0.15, 0.2) is 4.99 Å². The Kier molecular flexibility index (Phi) is 8.30. The fourth-order valence-corrected chi connectivity index (χ4v) is 0.849. The molecule has 0 fully saturated rings. The van der Waals surface area contributed by atoms with Gasteiger partial charge in [-0.05, 0) is 6.42 Å². The van der Waals surface area contributed by atoms with Gasteiger partial charge in [-0.3, -0.25) is 9.79 Å². The molecule has 0 radical (unpaired) electrons. The molecular formula is C9H18N2O2. The maximum absolute atomic E-state index is 9.87. The molecule has 0 saturated carbocycles. The van der Waals surface area contributed by atoms with Crippen molar-refractivity contribution in [1.29, 1.82) is 0 Å². The average Bonchev–Trinajstić information content (AvgIpc) is 2.61. The number of hydrogen-bond donors (Lipinski definition) is 2. The molecule has 0 bridgehead atoms. The summed E-state index contributed by atoms with van der Waals surface area (Å²) in [5.74, 6) is -0.682. The van der Waals surface area contributed by atoms with Crippen LogP contribution in [-0.2, 0) is 4.79 Å². The molecule has 1 aliphatic heterocycles. The molecule has 0 aromatic heterocycles. The van der Waals surface area contributed by atoms with Gasteiger partial charge in [0.1, 0.15) is 0 Å². The van der Waals surface area contributed by atoms with Gasteiger partial charge in [-0.15, -0.1) is 0 Å². The maximum Gasteiger partial charge on any atom is 0.303 e. The van der Waals surface area contributed by atoms with Crippen LogP contribution in [-0.4, -0.2) is 30.5 Å². The van der Waals surface area contributed by atoms with Gasteiger partial charge in [0.15, 0.2) is 0 Å². The highest BCUT2D eigenvalue weighted by atomic mass is 16.4. The summed E-state index contributed by atoms with van der Waals surface area (Å²) in [6.45, 7) is 4.04. The summed E-state index contributed by atoms with van der Waals surface area (Å²) >= 11 is 0. The zero-order valence-corrected chi connectivity index (χ0v) is 8.12. The first kappa shape index (κ1) is 11.9. The van der Waals surface area contributed by atoms with Crippen molar-refractivity contribution in [2.45, 2.75) is 32.6 Å². The van der Waals surface area contributed by atoms with E-state index in [4.69, 9.17) is 5.11 Å². The predicted octanol–water partition coefficient (Wildman–Crippen LogP) is 1.27. The monoisotopic (exact) mass is 186 g/mol. The fourth-order valence-electron chi connectivity index (χ4n) is 0.849. The zero-order chi connectivity index (χ0) is 9.94. The van der Waals surface area contributed by atoms with E-state index in [2.05, 4.69) is 17.2 Å². The summed E-state index contributed by atoms with van der Waals surface area (Å²) in [5.41, 5.74) is 0. The lowest BCUT2D eigenvalue weighted by Crippen LogP contribution is -2.04. The predicted molar refractivity (Wildman–Crippen MR) is 53.1 cm³/mol. The van der Waals surface area contributed by atoms with Crippen LogP contribution in [0.5, 0.6) is 0 Å². The number of hydrogen-bond acceptors (Lipinski definition) is 3. The molecule has 0 spiro atoms. The normalized spacial score (nSPS) is 13.0. The topological polar surface area (TPSA) is 61.7 Å². The zero-order valence-electron chi connectivity index (χ0n) is 8.12. The van der Waals surface area contributed by atoms with Crippen LogP contribution in [0.25, 0.3) is 0 Å². The van der Waals surface area contributed by atoms with E-state index >= 15 is 0 Å². The summed E-state index contributed by atoms with van der Waals surface area (Å²) in [4.78, 5) is 13.7. The van der Waals surface area contributed by atoms with E-state index in [-0.39, 0.29) is 0 Å². The number of unbranched alkanes of at least 4 members (excludes halogenated alkanes) is 2. The number of carboxylic acid groups (broad SMARTS) is 1. The number of rotatable bonds is 4. The molecule has 0 amide bonds. The van der Waals surface area contributed by atoms with Crippen molar-refractivity contribution in [3.63, 3.8) is 0 Å². The Morgan fingerprint density at radius 1 is 1.62 bits per heavy atom. The second kappa shape index (κ2) is 9.03. The molecule has 0 atom stereocenters. The second-order valence-corrected chi connectivity index (χ2v) is 2.84. The Morgan fingerprint density at radius 2 is 2.38 bits per heavy atom. The molecule has 0 aromatic rings. The molecule has 4 nitrogen and oxygen atoms in total. The minimum Gasteiger partial charge on any atom is -0.481 e. The molecule has 0 unspecified atom stereocenters. The van der Waals surface area contributed by atoms with Gasteiger partial charge in [-0.1, -0.05) is 19.8 Å². The molecular weight excluding hydrogens is 168 g/mol. The average molecular weight is 186 g/mol. The number of nitrogens with one attached hydrogen (secondary N) is 1. The van der Waals surface area contributed by atoms with Crippen LogP contribution in [0.4, 0.5) is 0 Å². The van der Waals surface area contributed by atoms with Crippen LogP contribution >= 0.6 is 0 Å². The molecule has 1 rings (SSSR count). The van der Waals surface area contributed by atoms with Crippen LogP contribution < -0.4 is 5.32 Å². The number of aliphatic carboxylic acids is 1. The first-order valence-corrected chi connectivity index (χ1v) is 4.71. The Morgan fingerprint density at radius 3 is 2.69 bits per heavy atom. The fraction of sp³-hybridized carbons (Fsp3) is 0.778. The Bertz CT molecular complexity index is 152. The number of aliphatic imine (C=N–C) groups is 1. The van der Waals surface area contributed by atoms with Gasteiger partial charge in [0, 0.05) is 13.0 Å². The van der Waals surface area contributed by atoms with E-state index in [1.54, 1.807) is 6.34 Å². The van der Waals surface area contributed by atoms with Gasteiger partial charge in [0.2, 0.25) is 0 Å². The molecule has 4 heteroatoms. The second-order valence-electron chi connectivity index (χ2n) is 2.84. The van der Waals surface area contributed by atoms with Crippen molar-refractivity contribution in [2.75, 3.05) is 13.1 Å². The minimum absolute atomic E-state index is 0.327. The summed E-state index contributed by atoms with van der Waals surface area (Å²) in [6.07, 6.45) is 5.01. The molecule has 0 saturated heterocycles.